The zero-order valence-electron chi connectivity index (χ0n) is 11.0. The van der Waals surface area contributed by atoms with Gasteiger partial charge in [0.15, 0.2) is 0 Å². The lowest BCUT2D eigenvalue weighted by atomic mass is 10.1. The molecule has 0 radical (unpaired) electrons. The number of carbonyl (C=O) groups excluding carboxylic acids is 1. The predicted octanol–water partition coefficient (Wildman–Crippen LogP) is 0.514. The van der Waals surface area contributed by atoms with Crippen molar-refractivity contribution in [1.29, 1.82) is 0 Å². The lowest BCUT2D eigenvalue weighted by molar-refractivity contribution is -0.123. The standard InChI is InChI=1S/C15H20N2O2/c18-13-7-14(16-9-13)15(19)17-8-10-4-5-11-2-1-3-12(11)6-10/h4-6,13-14,16,18H,1-3,7-9H2,(H,17,19)/t13-,14-/m0/s1. The topological polar surface area (TPSA) is 61.4 Å². The highest BCUT2D eigenvalue weighted by molar-refractivity contribution is 5.82. The first-order chi connectivity index (χ1) is 9.22. The van der Waals surface area contributed by atoms with Crippen molar-refractivity contribution in [2.75, 3.05) is 6.54 Å². The van der Waals surface area contributed by atoms with Gasteiger partial charge in [-0.1, -0.05) is 18.2 Å². The molecule has 1 fully saturated rings. The second-order valence-corrected chi connectivity index (χ2v) is 5.52. The second kappa shape index (κ2) is 5.31. The second-order valence-electron chi connectivity index (χ2n) is 5.52. The van der Waals surface area contributed by atoms with Crippen molar-refractivity contribution in [2.24, 2.45) is 0 Å². The van der Waals surface area contributed by atoms with Crippen molar-refractivity contribution in [2.45, 2.75) is 44.4 Å². The monoisotopic (exact) mass is 260 g/mol. The summed E-state index contributed by atoms with van der Waals surface area (Å²) in [7, 11) is 0. The summed E-state index contributed by atoms with van der Waals surface area (Å²) in [4.78, 5) is 11.9. The average Bonchev–Trinajstić information content (AvgIpc) is 3.03. The van der Waals surface area contributed by atoms with Gasteiger partial charge in [-0.25, -0.2) is 0 Å². The van der Waals surface area contributed by atoms with Gasteiger partial charge in [0.1, 0.15) is 0 Å². The number of benzene rings is 1. The smallest absolute Gasteiger partial charge is 0.237 e. The van der Waals surface area contributed by atoms with Gasteiger partial charge in [-0.15, -0.1) is 0 Å². The van der Waals surface area contributed by atoms with Crippen LogP contribution in [0.4, 0.5) is 0 Å². The summed E-state index contributed by atoms with van der Waals surface area (Å²) in [5.74, 6) is -0.0166. The molecule has 0 bridgehead atoms. The maximum atomic E-state index is 11.9. The molecule has 1 aliphatic carbocycles. The highest BCUT2D eigenvalue weighted by atomic mass is 16.3. The summed E-state index contributed by atoms with van der Waals surface area (Å²) in [6.45, 7) is 1.08. The van der Waals surface area contributed by atoms with Crippen LogP contribution in [0.25, 0.3) is 0 Å². The van der Waals surface area contributed by atoms with E-state index in [1.807, 2.05) is 0 Å². The van der Waals surface area contributed by atoms with E-state index in [-0.39, 0.29) is 11.9 Å². The quantitative estimate of drug-likeness (QED) is 0.742. The van der Waals surface area contributed by atoms with Crippen molar-refractivity contribution < 1.29 is 9.90 Å². The highest BCUT2D eigenvalue weighted by Gasteiger charge is 2.27. The van der Waals surface area contributed by atoms with Crippen LogP contribution in [-0.4, -0.2) is 29.7 Å². The Bertz CT molecular complexity index is 487. The van der Waals surface area contributed by atoms with Crippen LogP contribution in [0.5, 0.6) is 0 Å². The number of nitrogens with one attached hydrogen (secondary N) is 2. The number of β-amino-alcohol motifs (C(OH)–C–C–N with tert-alkyl or cyclic N) is 1. The maximum Gasteiger partial charge on any atom is 0.237 e. The van der Waals surface area contributed by atoms with Crippen LogP contribution >= 0.6 is 0 Å². The molecule has 4 nitrogen and oxygen atoms in total. The minimum absolute atomic E-state index is 0.0166. The Morgan fingerprint density at radius 3 is 3.00 bits per heavy atom. The molecule has 0 aromatic heterocycles. The Hall–Kier alpha value is -1.39. The number of rotatable bonds is 3. The molecule has 0 unspecified atom stereocenters. The van der Waals surface area contributed by atoms with E-state index in [1.54, 1.807) is 0 Å². The maximum absolute atomic E-state index is 11.9. The first kappa shape index (κ1) is 12.6. The Kier molecular flexibility index (Phi) is 3.53. The van der Waals surface area contributed by atoms with Crippen LogP contribution in [0.2, 0.25) is 0 Å². The number of aryl methyl sites for hydroxylation is 2. The Labute approximate surface area is 113 Å². The van der Waals surface area contributed by atoms with Crippen LogP contribution in [0, 0.1) is 0 Å². The normalized spacial score (nSPS) is 25.3. The molecular weight excluding hydrogens is 240 g/mol. The van der Waals surface area contributed by atoms with Crippen molar-refractivity contribution in [3.8, 4) is 0 Å². The molecule has 0 spiro atoms. The van der Waals surface area contributed by atoms with E-state index in [4.69, 9.17) is 0 Å². The first-order valence-electron chi connectivity index (χ1n) is 7.02. The SMILES string of the molecule is O=C(NCc1ccc2c(c1)CCC2)[C@@H]1C[C@H](O)CN1. The molecular formula is C15H20N2O2. The van der Waals surface area contributed by atoms with Gasteiger partial charge in [-0.05, 0) is 42.4 Å². The summed E-state index contributed by atoms with van der Waals surface area (Å²) in [6, 6.07) is 6.24. The third-order valence-corrected chi connectivity index (χ3v) is 4.05. The Balaban J connectivity index is 1.56. The summed E-state index contributed by atoms with van der Waals surface area (Å²) in [5, 5.41) is 15.4. The molecule has 1 saturated heterocycles. The summed E-state index contributed by atoms with van der Waals surface area (Å²) < 4.78 is 0. The number of aliphatic hydroxyl groups is 1. The fourth-order valence-electron chi connectivity index (χ4n) is 2.96. The van der Waals surface area contributed by atoms with Crippen molar-refractivity contribution in [3.63, 3.8) is 0 Å². The molecule has 1 aromatic carbocycles. The first-order valence-corrected chi connectivity index (χ1v) is 7.02. The fourth-order valence-corrected chi connectivity index (χ4v) is 2.96. The lowest BCUT2D eigenvalue weighted by Gasteiger charge is -2.11. The Morgan fingerprint density at radius 1 is 1.37 bits per heavy atom. The van der Waals surface area contributed by atoms with E-state index in [0.29, 0.717) is 19.5 Å². The van der Waals surface area contributed by atoms with E-state index in [1.165, 1.54) is 24.0 Å². The summed E-state index contributed by atoms with van der Waals surface area (Å²) in [5.41, 5.74) is 4.05. The Morgan fingerprint density at radius 2 is 2.21 bits per heavy atom. The van der Waals surface area contributed by atoms with E-state index < -0.39 is 6.10 Å². The van der Waals surface area contributed by atoms with Crippen molar-refractivity contribution in [3.05, 3.63) is 34.9 Å². The van der Waals surface area contributed by atoms with Gasteiger partial charge in [-0.3, -0.25) is 4.79 Å². The zero-order valence-corrected chi connectivity index (χ0v) is 11.0. The van der Waals surface area contributed by atoms with Gasteiger partial charge in [0.2, 0.25) is 5.91 Å². The minimum Gasteiger partial charge on any atom is -0.392 e. The molecule has 19 heavy (non-hydrogen) atoms. The number of hydrogen-bond acceptors (Lipinski definition) is 3. The van der Waals surface area contributed by atoms with Crippen LogP contribution in [0.3, 0.4) is 0 Å². The van der Waals surface area contributed by atoms with E-state index in [9.17, 15) is 9.90 Å². The van der Waals surface area contributed by atoms with E-state index >= 15 is 0 Å². The summed E-state index contributed by atoms with van der Waals surface area (Å²) in [6.07, 6.45) is 3.71. The number of carbonyl (C=O) groups is 1. The predicted molar refractivity (Wildman–Crippen MR) is 72.7 cm³/mol. The van der Waals surface area contributed by atoms with Gasteiger partial charge in [0.05, 0.1) is 12.1 Å². The molecule has 4 heteroatoms. The van der Waals surface area contributed by atoms with Gasteiger partial charge < -0.3 is 15.7 Å². The molecule has 2 aliphatic rings. The van der Waals surface area contributed by atoms with Crippen molar-refractivity contribution in [1.82, 2.24) is 10.6 Å². The summed E-state index contributed by atoms with van der Waals surface area (Å²) >= 11 is 0. The highest BCUT2D eigenvalue weighted by Crippen LogP contribution is 2.22. The molecule has 1 aromatic rings. The number of fused-ring (bicyclic) bond motifs is 1. The largest absolute Gasteiger partial charge is 0.392 e. The van der Waals surface area contributed by atoms with Gasteiger partial charge in [0, 0.05) is 13.1 Å². The number of amides is 1. The number of hydrogen-bond donors (Lipinski definition) is 3. The third-order valence-electron chi connectivity index (χ3n) is 4.05. The fraction of sp³-hybridized carbons (Fsp3) is 0.533. The zero-order chi connectivity index (χ0) is 13.2. The van der Waals surface area contributed by atoms with Crippen LogP contribution in [0.1, 0.15) is 29.5 Å². The lowest BCUT2D eigenvalue weighted by Crippen LogP contribution is -2.40. The van der Waals surface area contributed by atoms with E-state index in [0.717, 1.165) is 12.0 Å². The molecule has 1 heterocycles. The average molecular weight is 260 g/mol. The van der Waals surface area contributed by atoms with Crippen LogP contribution in [-0.2, 0) is 24.2 Å². The minimum atomic E-state index is -0.393. The molecule has 1 amide bonds. The molecule has 1 aliphatic heterocycles. The third kappa shape index (κ3) is 2.80. The van der Waals surface area contributed by atoms with Gasteiger partial charge >= 0.3 is 0 Å². The number of aliphatic hydroxyl groups excluding tert-OH is 1. The molecule has 0 saturated carbocycles. The van der Waals surface area contributed by atoms with Crippen LogP contribution < -0.4 is 10.6 Å². The van der Waals surface area contributed by atoms with Crippen molar-refractivity contribution >= 4 is 5.91 Å². The molecule has 102 valence electrons. The van der Waals surface area contributed by atoms with Gasteiger partial charge in [0.25, 0.3) is 0 Å². The molecule has 2 atom stereocenters. The van der Waals surface area contributed by atoms with E-state index in [2.05, 4.69) is 28.8 Å². The van der Waals surface area contributed by atoms with Gasteiger partial charge in [-0.2, -0.15) is 0 Å². The van der Waals surface area contributed by atoms with Crippen LogP contribution in [0.15, 0.2) is 18.2 Å². The molecule has 3 rings (SSSR count). The molecule has 3 N–H and O–H groups in total.